The zero-order chi connectivity index (χ0) is 19.4. The fourth-order valence-corrected chi connectivity index (χ4v) is 3.21. The van der Waals surface area contributed by atoms with Gasteiger partial charge in [0.15, 0.2) is 0 Å². The summed E-state index contributed by atoms with van der Waals surface area (Å²) in [5, 5.41) is 19.9. The Morgan fingerprint density at radius 2 is 1.78 bits per heavy atom. The molecular formula is C20H19NO6. The number of aliphatic carboxylic acids is 2. The molecule has 3 N–H and O–H groups in total. The second kappa shape index (κ2) is 7.90. The van der Waals surface area contributed by atoms with Gasteiger partial charge in [-0.05, 0) is 40.7 Å². The first-order valence-corrected chi connectivity index (χ1v) is 8.52. The first-order chi connectivity index (χ1) is 13.0. The van der Waals surface area contributed by atoms with Crippen LogP contribution in [0.25, 0.3) is 11.1 Å². The van der Waals surface area contributed by atoms with Crippen LogP contribution in [0.2, 0.25) is 0 Å². The Bertz CT molecular complexity index is 892. The zero-order valence-electron chi connectivity index (χ0n) is 14.5. The van der Waals surface area contributed by atoms with E-state index in [-0.39, 0.29) is 19.4 Å². The van der Waals surface area contributed by atoms with E-state index in [1.54, 1.807) is 0 Å². The number of carboxylic acid groups (broad SMARTS) is 2. The van der Waals surface area contributed by atoms with Crippen molar-refractivity contribution >= 4 is 18.0 Å². The third-order valence-electron chi connectivity index (χ3n) is 4.54. The third-order valence-corrected chi connectivity index (χ3v) is 4.54. The maximum atomic E-state index is 12.0. The van der Waals surface area contributed by atoms with Crippen LogP contribution in [0.1, 0.15) is 29.5 Å². The van der Waals surface area contributed by atoms with E-state index in [4.69, 9.17) is 14.9 Å². The summed E-state index contributed by atoms with van der Waals surface area (Å²) in [5.74, 6) is -2.43. The highest BCUT2D eigenvalue weighted by Crippen LogP contribution is 2.38. The fraction of sp³-hybridized carbons (Fsp3) is 0.250. The van der Waals surface area contributed by atoms with E-state index in [0.717, 1.165) is 23.1 Å². The molecular weight excluding hydrogens is 350 g/mol. The Morgan fingerprint density at radius 3 is 2.52 bits per heavy atom. The van der Waals surface area contributed by atoms with Crippen LogP contribution in [0.5, 0.6) is 0 Å². The van der Waals surface area contributed by atoms with Gasteiger partial charge < -0.3 is 20.3 Å². The van der Waals surface area contributed by atoms with Crippen molar-refractivity contribution in [2.45, 2.75) is 31.9 Å². The normalized spacial score (nSPS) is 12.6. The number of carbonyl (C=O) groups is 3. The Morgan fingerprint density at radius 1 is 1.04 bits per heavy atom. The Balaban J connectivity index is 1.63. The summed E-state index contributed by atoms with van der Waals surface area (Å²) < 4.78 is 5.18. The number of benzene rings is 2. The van der Waals surface area contributed by atoms with Gasteiger partial charge in [0.1, 0.15) is 12.6 Å². The zero-order valence-corrected chi connectivity index (χ0v) is 14.5. The van der Waals surface area contributed by atoms with Crippen molar-refractivity contribution in [1.29, 1.82) is 0 Å². The molecule has 0 heterocycles. The summed E-state index contributed by atoms with van der Waals surface area (Å²) in [7, 11) is 0. The summed E-state index contributed by atoms with van der Waals surface area (Å²) >= 11 is 0. The van der Waals surface area contributed by atoms with Gasteiger partial charge >= 0.3 is 18.0 Å². The van der Waals surface area contributed by atoms with Crippen molar-refractivity contribution in [3.8, 4) is 11.1 Å². The number of carbonyl (C=O) groups excluding carboxylic acids is 1. The first-order valence-electron chi connectivity index (χ1n) is 8.52. The van der Waals surface area contributed by atoms with E-state index in [9.17, 15) is 14.4 Å². The van der Waals surface area contributed by atoms with Gasteiger partial charge in [0.05, 0.1) is 0 Å². The SMILES string of the molecule is O=C(O)CC[C@H](NC(=O)OCc1cccc2c1Cc1ccccc1-2)C(=O)O. The maximum Gasteiger partial charge on any atom is 0.408 e. The van der Waals surface area contributed by atoms with Gasteiger partial charge in [-0.15, -0.1) is 0 Å². The van der Waals surface area contributed by atoms with Crippen molar-refractivity contribution in [2.75, 3.05) is 0 Å². The predicted molar refractivity (Wildman–Crippen MR) is 96.3 cm³/mol. The van der Waals surface area contributed by atoms with Gasteiger partial charge in [0.2, 0.25) is 0 Å². The molecule has 1 amide bonds. The molecule has 0 bridgehead atoms. The van der Waals surface area contributed by atoms with Crippen LogP contribution in [0.4, 0.5) is 4.79 Å². The molecule has 7 heteroatoms. The Labute approximate surface area is 155 Å². The highest BCUT2D eigenvalue weighted by atomic mass is 16.5. The lowest BCUT2D eigenvalue weighted by Gasteiger charge is -2.14. The predicted octanol–water partition coefficient (Wildman–Crippen LogP) is 2.80. The van der Waals surface area contributed by atoms with Gasteiger partial charge in [0.25, 0.3) is 0 Å². The number of nitrogens with one attached hydrogen (secondary N) is 1. The standard InChI is InChI=1S/C20H19NO6/c22-18(23)9-8-17(19(24)25)21-20(26)27-11-13-5-3-7-15-14-6-2-1-4-12(14)10-16(13)15/h1-7,17H,8-11H2,(H,21,26)(H,22,23)(H,24,25)/t17-/m0/s1. The van der Waals surface area contributed by atoms with Gasteiger partial charge in [0, 0.05) is 6.42 Å². The minimum Gasteiger partial charge on any atom is -0.481 e. The molecule has 0 aromatic heterocycles. The lowest BCUT2D eigenvalue weighted by Crippen LogP contribution is -2.41. The monoisotopic (exact) mass is 369 g/mol. The van der Waals surface area contributed by atoms with Crippen LogP contribution in [0.15, 0.2) is 42.5 Å². The number of ether oxygens (including phenoxy) is 1. The molecule has 0 saturated heterocycles. The van der Waals surface area contributed by atoms with E-state index < -0.39 is 24.1 Å². The molecule has 1 aliphatic carbocycles. The van der Waals surface area contributed by atoms with Crippen LogP contribution in [0, 0.1) is 0 Å². The topological polar surface area (TPSA) is 113 Å². The second-order valence-electron chi connectivity index (χ2n) is 6.32. The average molecular weight is 369 g/mol. The van der Waals surface area contributed by atoms with Crippen molar-refractivity contribution < 1.29 is 29.3 Å². The maximum absolute atomic E-state index is 12.0. The summed E-state index contributed by atoms with van der Waals surface area (Å²) in [5.41, 5.74) is 5.43. The molecule has 2 aromatic rings. The molecule has 27 heavy (non-hydrogen) atoms. The molecule has 3 rings (SSSR count). The summed E-state index contributed by atoms with van der Waals surface area (Å²) in [6, 6.07) is 12.6. The molecule has 0 radical (unpaired) electrons. The third kappa shape index (κ3) is 4.25. The Kier molecular flexibility index (Phi) is 5.40. The molecule has 7 nitrogen and oxygen atoms in total. The van der Waals surface area contributed by atoms with Crippen molar-refractivity contribution in [2.24, 2.45) is 0 Å². The van der Waals surface area contributed by atoms with Gasteiger partial charge in [-0.2, -0.15) is 0 Å². The number of hydrogen-bond donors (Lipinski definition) is 3. The van der Waals surface area contributed by atoms with Gasteiger partial charge in [-0.3, -0.25) is 4.79 Å². The van der Waals surface area contributed by atoms with Crippen LogP contribution >= 0.6 is 0 Å². The molecule has 0 fully saturated rings. The molecule has 140 valence electrons. The van der Waals surface area contributed by atoms with Crippen LogP contribution in [0.3, 0.4) is 0 Å². The Hall–Kier alpha value is -3.35. The van der Waals surface area contributed by atoms with Crippen molar-refractivity contribution in [1.82, 2.24) is 5.32 Å². The molecule has 1 aliphatic rings. The number of alkyl carbamates (subject to hydrolysis) is 1. The fourth-order valence-electron chi connectivity index (χ4n) is 3.21. The summed E-state index contributed by atoms with van der Waals surface area (Å²) in [6.45, 7) is 0.00820. The van der Waals surface area contributed by atoms with Gasteiger partial charge in [-0.25, -0.2) is 9.59 Å². The summed E-state index contributed by atoms with van der Waals surface area (Å²) in [6.07, 6.45) is -0.707. The molecule has 1 atom stereocenters. The largest absolute Gasteiger partial charge is 0.481 e. The van der Waals surface area contributed by atoms with Crippen LogP contribution in [-0.2, 0) is 27.4 Å². The summed E-state index contributed by atoms with van der Waals surface area (Å²) in [4.78, 5) is 33.7. The van der Waals surface area contributed by atoms with E-state index in [2.05, 4.69) is 17.4 Å². The highest BCUT2D eigenvalue weighted by Gasteiger charge is 2.23. The van der Waals surface area contributed by atoms with Crippen molar-refractivity contribution in [3.63, 3.8) is 0 Å². The van der Waals surface area contributed by atoms with Crippen molar-refractivity contribution in [3.05, 3.63) is 59.2 Å². The number of carboxylic acids is 2. The van der Waals surface area contributed by atoms with E-state index >= 15 is 0 Å². The number of amides is 1. The highest BCUT2D eigenvalue weighted by molar-refractivity contribution is 5.81. The molecule has 0 unspecified atom stereocenters. The first kappa shape index (κ1) is 18.4. The van der Waals surface area contributed by atoms with Gasteiger partial charge in [-0.1, -0.05) is 42.5 Å². The van der Waals surface area contributed by atoms with Crippen LogP contribution in [-0.4, -0.2) is 34.3 Å². The average Bonchev–Trinajstić information content (AvgIpc) is 3.02. The smallest absolute Gasteiger partial charge is 0.408 e. The molecule has 0 saturated carbocycles. The lowest BCUT2D eigenvalue weighted by atomic mass is 10.0. The minimum atomic E-state index is -1.31. The number of hydrogen-bond acceptors (Lipinski definition) is 4. The van der Waals surface area contributed by atoms with Crippen LogP contribution < -0.4 is 5.32 Å². The molecule has 2 aromatic carbocycles. The second-order valence-corrected chi connectivity index (χ2v) is 6.32. The quantitative estimate of drug-likeness (QED) is 0.590. The lowest BCUT2D eigenvalue weighted by molar-refractivity contribution is -0.140. The number of rotatable bonds is 7. The van der Waals surface area contributed by atoms with E-state index in [1.165, 1.54) is 11.1 Å². The number of fused-ring (bicyclic) bond motifs is 3. The van der Waals surface area contributed by atoms with E-state index in [0.29, 0.717) is 0 Å². The molecule has 0 aliphatic heterocycles. The molecule has 0 spiro atoms. The minimum absolute atomic E-state index is 0.00820. The van der Waals surface area contributed by atoms with E-state index in [1.807, 2.05) is 30.3 Å².